The summed E-state index contributed by atoms with van der Waals surface area (Å²) in [6.45, 7) is 0.325. The maximum Gasteiger partial charge on any atom is 0.248 e. The Morgan fingerprint density at radius 3 is 2.65 bits per heavy atom. The minimum atomic E-state index is -0.101. The van der Waals surface area contributed by atoms with Gasteiger partial charge in [0.2, 0.25) is 5.56 Å². The molecule has 0 aliphatic rings. The quantitative estimate of drug-likeness (QED) is 0.398. The minimum Gasteiger partial charge on any atom is -0.485 e. The summed E-state index contributed by atoms with van der Waals surface area (Å²) in [4.78, 5) is 14.9. The Morgan fingerprint density at radius 1 is 0.968 bits per heavy atom. The first kappa shape index (κ1) is 19.4. The number of aromatic amines is 1. The van der Waals surface area contributed by atoms with E-state index in [0.29, 0.717) is 12.4 Å². The maximum atomic E-state index is 12.0. The van der Waals surface area contributed by atoms with Gasteiger partial charge in [0.05, 0.1) is 0 Å². The van der Waals surface area contributed by atoms with Crippen molar-refractivity contribution in [1.82, 2.24) is 19.7 Å². The van der Waals surface area contributed by atoms with E-state index in [9.17, 15) is 4.79 Å². The molecule has 0 radical (unpaired) electrons. The number of ether oxygens (including phenoxy) is 1. The van der Waals surface area contributed by atoms with Crippen LogP contribution in [0.3, 0.4) is 0 Å². The van der Waals surface area contributed by atoms with Crippen LogP contribution in [0.4, 0.5) is 0 Å². The number of fused-ring (bicyclic) bond motifs is 2. The molecule has 0 aliphatic carbocycles. The molecule has 0 fully saturated rings. The molecule has 0 bridgehead atoms. The van der Waals surface area contributed by atoms with Crippen LogP contribution in [-0.2, 0) is 19.4 Å². The first-order valence-electron chi connectivity index (χ1n) is 9.91. The van der Waals surface area contributed by atoms with Gasteiger partial charge in [-0.25, -0.2) is 0 Å². The van der Waals surface area contributed by atoms with Crippen molar-refractivity contribution in [2.24, 2.45) is 7.05 Å². The van der Waals surface area contributed by atoms with Crippen LogP contribution < -0.4 is 10.3 Å². The average molecular weight is 429 g/mol. The Morgan fingerprint density at radius 2 is 1.74 bits per heavy atom. The van der Waals surface area contributed by atoms with Crippen LogP contribution in [0.5, 0.6) is 5.75 Å². The smallest absolute Gasteiger partial charge is 0.248 e. The lowest BCUT2D eigenvalue weighted by Crippen LogP contribution is -2.06. The number of benzene rings is 3. The molecule has 0 atom stereocenters. The molecule has 0 saturated carbocycles. The van der Waals surface area contributed by atoms with Crippen LogP contribution in [0.1, 0.15) is 11.4 Å². The molecule has 0 amide bonds. The fourth-order valence-corrected chi connectivity index (χ4v) is 4.52. The summed E-state index contributed by atoms with van der Waals surface area (Å²) >= 11 is 1.55. The summed E-state index contributed by atoms with van der Waals surface area (Å²) in [5.74, 6) is 2.19. The van der Waals surface area contributed by atoms with Crippen LogP contribution in [0.2, 0.25) is 0 Å². The third-order valence-corrected chi connectivity index (χ3v) is 6.29. The number of pyridine rings is 1. The van der Waals surface area contributed by atoms with Gasteiger partial charge in [0.25, 0.3) is 0 Å². The predicted molar refractivity (Wildman–Crippen MR) is 123 cm³/mol. The van der Waals surface area contributed by atoms with E-state index in [1.54, 1.807) is 17.8 Å². The highest BCUT2D eigenvalue weighted by Gasteiger charge is 2.12. The molecule has 3 aromatic carbocycles. The van der Waals surface area contributed by atoms with E-state index >= 15 is 0 Å². The van der Waals surface area contributed by atoms with Crippen molar-refractivity contribution in [3.8, 4) is 5.75 Å². The molecular formula is C24H20N4O2S. The Bertz CT molecular complexity index is 1440. The number of thioether (sulfide) groups is 1. The van der Waals surface area contributed by atoms with E-state index in [1.165, 1.54) is 0 Å². The second kappa shape index (κ2) is 8.28. The molecule has 0 unspecified atom stereocenters. The first-order valence-corrected chi connectivity index (χ1v) is 10.9. The van der Waals surface area contributed by atoms with Crippen LogP contribution >= 0.6 is 11.8 Å². The summed E-state index contributed by atoms with van der Waals surface area (Å²) in [7, 11) is 1.93. The van der Waals surface area contributed by atoms with Gasteiger partial charge in [0.1, 0.15) is 12.4 Å². The molecule has 1 N–H and O–H groups in total. The van der Waals surface area contributed by atoms with E-state index in [2.05, 4.69) is 33.4 Å². The highest BCUT2D eigenvalue weighted by molar-refractivity contribution is 7.98. The molecule has 7 heteroatoms. The average Bonchev–Trinajstić information content (AvgIpc) is 3.15. The van der Waals surface area contributed by atoms with E-state index in [1.807, 2.05) is 60.1 Å². The molecule has 5 rings (SSSR count). The van der Waals surface area contributed by atoms with Gasteiger partial charge in [0, 0.05) is 35.2 Å². The molecule has 2 heterocycles. The number of para-hydroxylation sites is 1. The third kappa shape index (κ3) is 3.92. The number of rotatable bonds is 6. The minimum absolute atomic E-state index is 0.101. The first-order chi connectivity index (χ1) is 15.2. The zero-order chi connectivity index (χ0) is 21.2. The van der Waals surface area contributed by atoms with Crippen molar-refractivity contribution in [2.75, 3.05) is 0 Å². The second-order valence-corrected chi connectivity index (χ2v) is 8.16. The monoisotopic (exact) mass is 428 g/mol. The van der Waals surface area contributed by atoms with Gasteiger partial charge < -0.3 is 14.3 Å². The lowest BCUT2D eigenvalue weighted by Gasteiger charge is -2.09. The summed E-state index contributed by atoms with van der Waals surface area (Å²) < 4.78 is 7.99. The van der Waals surface area contributed by atoms with Gasteiger partial charge in [-0.3, -0.25) is 4.79 Å². The van der Waals surface area contributed by atoms with Crippen molar-refractivity contribution in [1.29, 1.82) is 0 Å². The maximum absolute atomic E-state index is 12.0. The number of nitrogens with one attached hydrogen (secondary N) is 1. The largest absolute Gasteiger partial charge is 0.485 e. The Kier molecular flexibility index (Phi) is 5.18. The number of H-pyrrole nitrogens is 1. The normalized spacial score (nSPS) is 11.3. The molecule has 0 aliphatic heterocycles. The van der Waals surface area contributed by atoms with Crippen LogP contribution in [0, 0.1) is 0 Å². The molecule has 0 spiro atoms. The van der Waals surface area contributed by atoms with Crippen molar-refractivity contribution in [3.63, 3.8) is 0 Å². The van der Waals surface area contributed by atoms with Gasteiger partial charge in [-0.15, -0.1) is 10.2 Å². The fourth-order valence-electron chi connectivity index (χ4n) is 3.60. The molecular weight excluding hydrogens is 408 g/mol. The van der Waals surface area contributed by atoms with Gasteiger partial charge in [-0.1, -0.05) is 66.4 Å². The lowest BCUT2D eigenvalue weighted by molar-refractivity contribution is 0.294. The van der Waals surface area contributed by atoms with Crippen LogP contribution in [-0.4, -0.2) is 19.7 Å². The summed E-state index contributed by atoms with van der Waals surface area (Å²) in [6.07, 6.45) is 0. The van der Waals surface area contributed by atoms with E-state index < -0.39 is 0 Å². The zero-order valence-corrected chi connectivity index (χ0v) is 17.7. The number of hydrogen-bond acceptors (Lipinski definition) is 5. The lowest BCUT2D eigenvalue weighted by atomic mass is 10.1. The highest BCUT2D eigenvalue weighted by Crippen LogP contribution is 2.27. The van der Waals surface area contributed by atoms with Crippen molar-refractivity contribution in [2.45, 2.75) is 17.5 Å². The zero-order valence-electron chi connectivity index (χ0n) is 16.9. The number of nitrogens with zero attached hydrogens (tertiary/aromatic N) is 3. The number of aromatic nitrogens is 4. The third-order valence-electron chi connectivity index (χ3n) is 5.22. The fraction of sp³-hybridized carbons (Fsp3) is 0.125. The molecule has 2 aromatic heterocycles. The van der Waals surface area contributed by atoms with Crippen molar-refractivity contribution >= 4 is 33.4 Å². The molecule has 154 valence electrons. The predicted octanol–water partition coefficient (Wildman–Crippen LogP) is 4.68. The Labute approximate surface area is 182 Å². The standard InChI is InChI=1S/C24H20N4O2S/c1-28-22(14-30-21-12-6-8-16-7-2-3-10-19(16)21)26-27-24(28)31-15-17-13-23(29)25-20-11-5-4-9-18(17)20/h2-13H,14-15H2,1H3,(H,25,29). The molecule has 31 heavy (non-hydrogen) atoms. The van der Waals surface area contributed by atoms with Gasteiger partial charge in [0.15, 0.2) is 11.0 Å². The Balaban J connectivity index is 1.32. The van der Waals surface area contributed by atoms with E-state index in [-0.39, 0.29) is 5.56 Å². The van der Waals surface area contributed by atoms with Gasteiger partial charge in [-0.05, 0) is 23.1 Å². The van der Waals surface area contributed by atoms with E-state index in [4.69, 9.17) is 4.74 Å². The summed E-state index contributed by atoms with van der Waals surface area (Å²) in [6, 6.07) is 23.6. The molecule has 6 nitrogen and oxygen atoms in total. The molecule has 5 aromatic rings. The van der Waals surface area contributed by atoms with Crippen molar-refractivity contribution < 1.29 is 4.74 Å². The van der Waals surface area contributed by atoms with Crippen LogP contribution in [0.25, 0.3) is 21.7 Å². The van der Waals surface area contributed by atoms with E-state index in [0.717, 1.165) is 44.0 Å². The summed E-state index contributed by atoms with van der Waals surface area (Å²) in [5.41, 5.74) is 1.71. The topological polar surface area (TPSA) is 72.8 Å². The second-order valence-electron chi connectivity index (χ2n) is 7.22. The summed E-state index contributed by atoms with van der Waals surface area (Å²) in [5, 5.41) is 12.6. The number of hydrogen-bond donors (Lipinski definition) is 1. The Hall–Kier alpha value is -3.58. The molecule has 0 saturated heterocycles. The van der Waals surface area contributed by atoms with Crippen LogP contribution in [0.15, 0.2) is 82.7 Å². The highest BCUT2D eigenvalue weighted by atomic mass is 32.2. The SMILES string of the molecule is Cn1c(COc2cccc3ccccc23)nnc1SCc1cc(=O)[nH]c2ccccc12. The van der Waals surface area contributed by atoms with Gasteiger partial charge in [-0.2, -0.15) is 0 Å². The van der Waals surface area contributed by atoms with Crippen molar-refractivity contribution in [3.05, 3.63) is 94.5 Å². The van der Waals surface area contributed by atoms with Gasteiger partial charge >= 0.3 is 0 Å².